The highest BCUT2D eigenvalue weighted by atomic mass is 19.4. The van der Waals surface area contributed by atoms with E-state index >= 15 is 0 Å². The van der Waals surface area contributed by atoms with Crippen LogP contribution in [0.3, 0.4) is 0 Å². The van der Waals surface area contributed by atoms with E-state index in [1.807, 2.05) is 11.5 Å². The summed E-state index contributed by atoms with van der Waals surface area (Å²) in [5.74, 6) is 1.39. The number of alkyl halides is 3. The Balaban J connectivity index is 2.01. The third kappa shape index (κ3) is 4.48. The normalized spacial score (nSPS) is 18.5. The summed E-state index contributed by atoms with van der Waals surface area (Å²) in [4.78, 5) is 19.4. The maximum absolute atomic E-state index is 12.9. The van der Waals surface area contributed by atoms with Gasteiger partial charge in [0.05, 0.1) is 31.1 Å². The minimum absolute atomic E-state index is 0.0165. The molecule has 29 heavy (non-hydrogen) atoms. The molecule has 0 spiro atoms. The van der Waals surface area contributed by atoms with E-state index in [1.165, 1.54) is 0 Å². The summed E-state index contributed by atoms with van der Waals surface area (Å²) in [6, 6.07) is 0. The lowest BCUT2D eigenvalue weighted by molar-refractivity contribution is -0.186. The zero-order valence-corrected chi connectivity index (χ0v) is 16.4. The number of carbonyl (C=O) groups excluding carboxylic acids is 1. The lowest BCUT2D eigenvalue weighted by atomic mass is 10.1. The molecule has 1 saturated heterocycles. The van der Waals surface area contributed by atoms with E-state index in [4.69, 9.17) is 16.1 Å². The van der Waals surface area contributed by atoms with Crippen LogP contribution in [0.5, 0.6) is 0 Å². The number of rotatable bonds is 3. The first-order valence-corrected chi connectivity index (χ1v) is 9.32. The maximum atomic E-state index is 12.9. The molecule has 2 aliphatic rings. The average Bonchev–Trinajstić information content (AvgIpc) is 3.10. The van der Waals surface area contributed by atoms with Gasteiger partial charge in [0.15, 0.2) is 0 Å². The number of nitrogens with zero attached hydrogens (tertiary/aromatic N) is 4. The standard InChI is InChI=1S/C20H23F3N4O2/c1-4-14(2)5-6-15(3)17-16-13-26(18(28)20(21,22)23)7-8-27(16)19(24-17)25-9-11-29-12-10-25/h1,5-6H,7-13H2,2-3H3/b14-5-,15-6+. The molecule has 0 radical (unpaired) electrons. The van der Waals surface area contributed by atoms with Gasteiger partial charge in [-0.25, -0.2) is 4.98 Å². The number of amides is 1. The number of terminal acetylenes is 1. The lowest BCUT2D eigenvalue weighted by Gasteiger charge is -2.33. The highest BCUT2D eigenvalue weighted by Crippen LogP contribution is 2.31. The highest BCUT2D eigenvalue weighted by Gasteiger charge is 2.44. The van der Waals surface area contributed by atoms with E-state index in [0.29, 0.717) is 43.6 Å². The Bertz CT molecular complexity index is 887. The Labute approximate surface area is 167 Å². The number of hydrogen-bond donors (Lipinski definition) is 0. The van der Waals surface area contributed by atoms with Crippen LogP contribution < -0.4 is 4.90 Å². The summed E-state index contributed by atoms with van der Waals surface area (Å²) in [5, 5.41) is 0. The van der Waals surface area contributed by atoms with Crippen molar-refractivity contribution >= 4 is 17.4 Å². The number of ether oxygens (including phenoxy) is 1. The van der Waals surface area contributed by atoms with Crippen LogP contribution in [0.2, 0.25) is 0 Å². The zero-order chi connectivity index (χ0) is 21.2. The van der Waals surface area contributed by atoms with Crippen molar-refractivity contribution in [2.75, 3.05) is 37.7 Å². The summed E-state index contributed by atoms with van der Waals surface area (Å²) in [5.41, 5.74) is 2.66. The zero-order valence-electron chi connectivity index (χ0n) is 16.4. The molecule has 0 saturated carbocycles. The third-order valence-electron chi connectivity index (χ3n) is 4.99. The van der Waals surface area contributed by atoms with Gasteiger partial charge < -0.3 is 19.1 Å². The molecule has 0 aliphatic carbocycles. The van der Waals surface area contributed by atoms with Crippen molar-refractivity contribution in [2.45, 2.75) is 33.1 Å². The van der Waals surface area contributed by atoms with Crippen LogP contribution in [0.25, 0.3) is 5.57 Å². The van der Waals surface area contributed by atoms with Crippen LogP contribution in [0, 0.1) is 12.3 Å². The Morgan fingerprint density at radius 2 is 1.86 bits per heavy atom. The Kier molecular flexibility index (Phi) is 6.03. The number of hydrogen-bond acceptors (Lipinski definition) is 4. The monoisotopic (exact) mass is 408 g/mol. The fraction of sp³-hybridized carbons (Fsp3) is 0.500. The number of carbonyl (C=O) groups is 1. The molecular formula is C20H23F3N4O2. The van der Waals surface area contributed by atoms with Gasteiger partial charge in [0.25, 0.3) is 0 Å². The van der Waals surface area contributed by atoms with Gasteiger partial charge in [-0.2, -0.15) is 13.2 Å². The topological polar surface area (TPSA) is 50.6 Å². The predicted molar refractivity (Wildman–Crippen MR) is 103 cm³/mol. The molecule has 3 heterocycles. The van der Waals surface area contributed by atoms with Crippen LogP contribution in [-0.2, 0) is 22.6 Å². The Morgan fingerprint density at radius 3 is 2.48 bits per heavy atom. The quantitative estimate of drug-likeness (QED) is 0.570. The summed E-state index contributed by atoms with van der Waals surface area (Å²) >= 11 is 0. The number of imidazole rings is 1. The van der Waals surface area contributed by atoms with Crippen molar-refractivity contribution in [2.24, 2.45) is 0 Å². The predicted octanol–water partition coefficient (Wildman–Crippen LogP) is 2.61. The van der Waals surface area contributed by atoms with Gasteiger partial charge >= 0.3 is 12.1 Å². The Morgan fingerprint density at radius 1 is 1.17 bits per heavy atom. The minimum atomic E-state index is -4.90. The molecule has 1 aromatic rings. The summed E-state index contributed by atoms with van der Waals surface area (Å²) in [7, 11) is 0. The minimum Gasteiger partial charge on any atom is -0.378 e. The van der Waals surface area contributed by atoms with Gasteiger partial charge in [-0.1, -0.05) is 18.1 Å². The molecule has 1 aromatic heterocycles. The van der Waals surface area contributed by atoms with Crippen molar-refractivity contribution in [3.8, 4) is 12.3 Å². The van der Waals surface area contributed by atoms with E-state index in [0.717, 1.165) is 16.0 Å². The number of halogens is 3. The van der Waals surface area contributed by atoms with Crippen molar-refractivity contribution in [1.82, 2.24) is 14.5 Å². The van der Waals surface area contributed by atoms with Gasteiger partial charge in [-0.15, -0.1) is 6.42 Å². The number of aromatic nitrogens is 2. The molecule has 1 amide bonds. The molecule has 6 nitrogen and oxygen atoms in total. The van der Waals surface area contributed by atoms with E-state index in [1.54, 1.807) is 19.1 Å². The smallest absolute Gasteiger partial charge is 0.378 e. The molecule has 2 aliphatic heterocycles. The number of allylic oxidation sites excluding steroid dienone is 4. The summed E-state index contributed by atoms with van der Waals surface area (Å²) < 4.78 is 46.1. The molecule has 3 rings (SSSR count). The number of morpholine rings is 1. The molecule has 0 aromatic carbocycles. The molecule has 9 heteroatoms. The molecular weight excluding hydrogens is 385 g/mol. The Hall–Kier alpha value is -2.73. The van der Waals surface area contributed by atoms with Crippen LogP contribution in [0.15, 0.2) is 17.7 Å². The van der Waals surface area contributed by atoms with E-state index in [-0.39, 0.29) is 19.6 Å². The fourth-order valence-corrected chi connectivity index (χ4v) is 3.40. The van der Waals surface area contributed by atoms with Crippen molar-refractivity contribution in [3.05, 3.63) is 29.1 Å². The molecule has 0 atom stereocenters. The molecule has 1 fully saturated rings. The molecule has 0 N–H and O–H groups in total. The van der Waals surface area contributed by atoms with Gasteiger partial charge in [-0.3, -0.25) is 4.79 Å². The van der Waals surface area contributed by atoms with Gasteiger partial charge in [0.1, 0.15) is 0 Å². The largest absolute Gasteiger partial charge is 0.471 e. The van der Waals surface area contributed by atoms with E-state index in [9.17, 15) is 18.0 Å². The SMILES string of the molecule is C#C/C(C)=C\C=C(/C)c1nc(N2CCOCC2)n2c1CN(C(=O)C(F)(F)F)CC2. The van der Waals surface area contributed by atoms with Crippen molar-refractivity contribution in [3.63, 3.8) is 0 Å². The van der Waals surface area contributed by atoms with Gasteiger partial charge in [0, 0.05) is 26.2 Å². The van der Waals surface area contributed by atoms with Crippen molar-refractivity contribution in [1.29, 1.82) is 0 Å². The van der Waals surface area contributed by atoms with Crippen LogP contribution >= 0.6 is 0 Å². The molecule has 0 bridgehead atoms. The number of anilines is 1. The number of fused-ring (bicyclic) bond motifs is 1. The fourth-order valence-electron chi connectivity index (χ4n) is 3.40. The average molecular weight is 408 g/mol. The van der Waals surface area contributed by atoms with E-state index in [2.05, 4.69) is 10.8 Å². The first kappa shape index (κ1) is 21.0. The van der Waals surface area contributed by atoms with Crippen LogP contribution in [0.4, 0.5) is 19.1 Å². The third-order valence-corrected chi connectivity index (χ3v) is 4.99. The van der Waals surface area contributed by atoms with Crippen molar-refractivity contribution < 1.29 is 22.7 Å². The van der Waals surface area contributed by atoms with E-state index < -0.39 is 12.1 Å². The second-order valence-corrected chi connectivity index (χ2v) is 7.03. The first-order chi connectivity index (χ1) is 13.7. The van der Waals surface area contributed by atoms with Crippen LogP contribution in [0.1, 0.15) is 25.2 Å². The first-order valence-electron chi connectivity index (χ1n) is 9.32. The second kappa shape index (κ2) is 8.33. The second-order valence-electron chi connectivity index (χ2n) is 7.03. The van der Waals surface area contributed by atoms with Crippen LogP contribution in [-0.4, -0.2) is 59.4 Å². The lowest BCUT2D eigenvalue weighted by Crippen LogP contribution is -2.46. The highest BCUT2D eigenvalue weighted by molar-refractivity contribution is 5.82. The van der Waals surface area contributed by atoms with Gasteiger partial charge in [0.2, 0.25) is 5.95 Å². The summed E-state index contributed by atoms with van der Waals surface area (Å²) in [6.07, 6.45) is 4.03. The molecule has 0 unspecified atom stereocenters. The maximum Gasteiger partial charge on any atom is 0.471 e. The summed E-state index contributed by atoms with van der Waals surface area (Å²) in [6.45, 7) is 6.14. The van der Waals surface area contributed by atoms with Gasteiger partial charge in [-0.05, 0) is 25.0 Å². The molecule has 156 valence electrons.